The van der Waals surface area contributed by atoms with Crippen LogP contribution in [0.3, 0.4) is 0 Å². The molecule has 0 saturated carbocycles. The van der Waals surface area contributed by atoms with Crippen molar-refractivity contribution < 1.29 is 9.53 Å². The molecule has 0 unspecified atom stereocenters. The summed E-state index contributed by atoms with van der Waals surface area (Å²) in [6.07, 6.45) is 0. The molecular formula is C13H14N2O2S. The Bertz CT molecular complexity index is 561. The van der Waals surface area contributed by atoms with Crippen LogP contribution in [0.4, 0.5) is 10.7 Å². The van der Waals surface area contributed by atoms with Crippen LogP contribution in [0, 0.1) is 0 Å². The summed E-state index contributed by atoms with van der Waals surface area (Å²) < 4.78 is 5.02. The van der Waals surface area contributed by atoms with Gasteiger partial charge in [-0.1, -0.05) is 12.1 Å². The Morgan fingerprint density at radius 3 is 2.56 bits per heavy atom. The van der Waals surface area contributed by atoms with Crippen molar-refractivity contribution in [2.45, 2.75) is 6.92 Å². The molecule has 2 rings (SSSR count). The number of hydrogen-bond acceptors (Lipinski definition) is 5. The number of anilines is 2. The molecule has 0 saturated heterocycles. The van der Waals surface area contributed by atoms with Gasteiger partial charge < -0.3 is 16.2 Å². The Kier molecular flexibility index (Phi) is 3.53. The zero-order valence-corrected chi connectivity index (χ0v) is 10.8. The van der Waals surface area contributed by atoms with Crippen LogP contribution in [0.2, 0.25) is 0 Å². The van der Waals surface area contributed by atoms with E-state index in [2.05, 4.69) is 0 Å². The quantitative estimate of drug-likeness (QED) is 0.658. The predicted octanol–water partition coefficient (Wildman–Crippen LogP) is 2.76. The lowest BCUT2D eigenvalue weighted by Crippen LogP contribution is -2.07. The summed E-state index contributed by atoms with van der Waals surface area (Å²) in [5.74, 6) is -0.386. The van der Waals surface area contributed by atoms with Gasteiger partial charge in [0.2, 0.25) is 0 Å². The van der Waals surface area contributed by atoms with Gasteiger partial charge in [0.1, 0.15) is 10.6 Å². The third-order valence-electron chi connectivity index (χ3n) is 2.52. The first-order chi connectivity index (χ1) is 8.63. The SMILES string of the molecule is CCOC(=O)c1c(-c2ccc(N)cc2)csc1N. The molecule has 0 amide bonds. The molecule has 1 aromatic carbocycles. The second-order valence-corrected chi connectivity index (χ2v) is 4.64. The monoisotopic (exact) mass is 262 g/mol. The van der Waals surface area contributed by atoms with Crippen molar-refractivity contribution in [2.24, 2.45) is 0 Å². The summed E-state index contributed by atoms with van der Waals surface area (Å²) in [4.78, 5) is 11.9. The van der Waals surface area contributed by atoms with Crippen LogP contribution in [0.25, 0.3) is 11.1 Å². The first-order valence-corrected chi connectivity index (χ1v) is 6.41. The Morgan fingerprint density at radius 1 is 1.28 bits per heavy atom. The number of rotatable bonds is 3. The molecule has 4 N–H and O–H groups in total. The molecule has 0 aliphatic carbocycles. The van der Waals surface area contributed by atoms with Crippen LogP contribution >= 0.6 is 11.3 Å². The van der Waals surface area contributed by atoms with Crippen molar-refractivity contribution in [3.8, 4) is 11.1 Å². The molecule has 2 aromatic rings. The molecule has 18 heavy (non-hydrogen) atoms. The average molecular weight is 262 g/mol. The number of ether oxygens (including phenoxy) is 1. The van der Waals surface area contributed by atoms with Crippen LogP contribution in [-0.2, 0) is 4.74 Å². The highest BCUT2D eigenvalue weighted by Crippen LogP contribution is 2.34. The van der Waals surface area contributed by atoms with Gasteiger partial charge in [-0.05, 0) is 24.6 Å². The van der Waals surface area contributed by atoms with E-state index in [9.17, 15) is 4.79 Å². The number of nitrogens with two attached hydrogens (primary N) is 2. The summed E-state index contributed by atoms with van der Waals surface area (Å²) >= 11 is 1.33. The summed E-state index contributed by atoms with van der Waals surface area (Å²) in [6.45, 7) is 2.10. The number of carbonyl (C=O) groups excluding carboxylic acids is 1. The van der Waals surface area contributed by atoms with Gasteiger partial charge in [0.05, 0.1) is 6.61 Å². The molecule has 0 fully saturated rings. The molecular weight excluding hydrogens is 248 g/mol. The summed E-state index contributed by atoms with van der Waals surface area (Å²) in [5.41, 5.74) is 14.3. The molecule has 0 aliphatic heterocycles. The van der Waals surface area contributed by atoms with Crippen LogP contribution in [-0.4, -0.2) is 12.6 Å². The highest BCUT2D eigenvalue weighted by Gasteiger charge is 2.19. The van der Waals surface area contributed by atoms with Crippen LogP contribution in [0.15, 0.2) is 29.6 Å². The van der Waals surface area contributed by atoms with E-state index in [1.807, 2.05) is 17.5 Å². The van der Waals surface area contributed by atoms with Crippen molar-refractivity contribution in [3.63, 3.8) is 0 Å². The molecule has 1 aromatic heterocycles. The summed E-state index contributed by atoms with van der Waals surface area (Å²) in [5, 5.41) is 2.33. The average Bonchev–Trinajstić information content (AvgIpc) is 2.72. The second kappa shape index (κ2) is 5.10. The fourth-order valence-corrected chi connectivity index (χ4v) is 2.47. The zero-order chi connectivity index (χ0) is 13.1. The van der Waals surface area contributed by atoms with E-state index >= 15 is 0 Å². The van der Waals surface area contributed by atoms with Gasteiger partial charge in [0.15, 0.2) is 0 Å². The Balaban J connectivity index is 2.45. The number of thiophene rings is 1. The third-order valence-corrected chi connectivity index (χ3v) is 3.33. The highest BCUT2D eigenvalue weighted by molar-refractivity contribution is 7.14. The Hall–Kier alpha value is -2.01. The topological polar surface area (TPSA) is 78.3 Å². The minimum absolute atomic E-state index is 0.329. The number of esters is 1. The van der Waals surface area contributed by atoms with Crippen molar-refractivity contribution in [1.82, 2.24) is 0 Å². The van der Waals surface area contributed by atoms with E-state index in [0.717, 1.165) is 11.1 Å². The molecule has 0 aliphatic rings. The molecule has 0 atom stereocenters. The van der Waals surface area contributed by atoms with Crippen molar-refractivity contribution in [3.05, 3.63) is 35.2 Å². The third kappa shape index (κ3) is 2.31. The van der Waals surface area contributed by atoms with Gasteiger partial charge >= 0.3 is 5.97 Å². The van der Waals surface area contributed by atoms with E-state index in [1.54, 1.807) is 19.1 Å². The lowest BCUT2D eigenvalue weighted by Gasteiger charge is -2.05. The highest BCUT2D eigenvalue weighted by atomic mass is 32.1. The standard InChI is InChI=1S/C13H14N2O2S/c1-2-17-13(16)11-10(7-18-12(11)15)8-3-5-9(14)6-4-8/h3-7H,2,14-15H2,1H3. The minimum Gasteiger partial charge on any atom is -0.462 e. The molecule has 0 radical (unpaired) electrons. The van der Waals surface area contributed by atoms with E-state index in [0.29, 0.717) is 22.9 Å². The largest absolute Gasteiger partial charge is 0.462 e. The van der Waals surface area contributed by atoms with Crippen molar-refractivity contribution >= 4 is 28.0 Å². The fraction of sp³-hybridized carbons (Fsp3) is 0.154. The molecule has 1 heterocycles. The maximum absolute atomic E-state index is 11.9. The normalized spacial score (nSPS) is 10.3. The molecule has 0 bridgehead atoms. The van der Waals surface area contributed by atoms with Crippen LogP contribution in [0.1, 0.15) is 17.3 Å². The summed E-state index contributed by atoms with van der Waals surface area (Å²) in [7, 11) is 0. The number of nitrogen functional groups attached to an aromatic ring is 2. The van der Waals surface area contributed by atoms with E-state index in [-0.39, 0.29) is 5.97 Å². The number of hydrogen-bond donors (Lipinski definition) is 2. The number of carbonyl (C=O) groups is 1. The van der Waals surface area contributed by atoms with Gasteiger partial charge in [-0.3, -0.25) is 0 Å². The Morgan fingerprint density at radius 2 is 1.94 bits per heavy atom. The molecule has 4 nitrogen and oxygen atoms in total. The van der Waals surface area contributed by atoms with Crippen molar-refractivity contribution in [2.75, 3.05) is 18.1 Å². The van der Waals surface area contributed by atoms with E-state index in [1.165, 1.54) is 11.3 Å². The summed E-state index contributed by atoms with van der Waals surface area (Å²) in [6, 6.07) is 7.30. The number of benzene rings is 1. The van der Waals surface area contributed by atoms with E-state index in [4.69, 9.17) is 16.2 Å². The van der Waals surface area contributed by atoms with Crippen molar-refractivity contribution in [1.29, 1.82) is 0 Å². The zero-order valence-electron chi connectivity index (χ0n) is 9.97. The maximum Gasteiger partial charge on any atom is 0.341 e. The predicted molar refractivity (Wildman–Crippen MR) is 74.5 cm³/mol. The molecule has 5 heteroatoms. The van der Waals surface area contributed by atoms with Crippen LogP contribution in [0.5, 0.6) is 0 Å². The first-order valence-electron chi connectivity index (χ1n) is 5.53. The Labute approximate surface area is 109 Å². The molecule has 94 valence electrons. The lowest BCUT2D eigenvalue weighted by atomic mass is 10.0. The first kappa shape index (κ1) is 12.4. The fourth-order valence-electron chi connectivity index (χ4n) is 1.66. The smallest absolute Gasteiger partial charge is 0.341 e. The lowest BCUT2D eigenvalue weighted by molar-refractivity contribution is 0.0529. The maximum atomic E-state index is 11.9. The van der Waals surface area contributed by atoms with Crippen LogP contribution < -0.4 is 11.5 Å². The molecule has 0 spiro atoms. The van der Waals surface area contributed by atoms with Gasteiger partial charge in [-0.15, -0.1) is 11.3 Å². The van der Waals surface area contributed by atoms with Gasteiger partial charge in [0.25, 0.3) is 0 Å². The van der Waals surface area contributed by atoms with E-state index < -0.39 is 0 Å². The van der Waals surface area contributed by atoms with Gasteiger partial charge in [-0.2, -0.15) is 0 Å². The van der Waals surface area contributed by atoms with Gasteiger partial charge in [0, 0.05) is 16.6 Å². The second-order valence-electron chi connectivity index (χ2n) is 3.73. The van der Waals surface area contributed by atoms with Gasteiger partial charge in [-0.25, -0.2) is 4.79 Å². The minimum atomic E-state index is -0.386.